The van der Waals surface area contributed by atoms with Crippen LogP contribution in [0.4, 0.5) is 24.5 Å². The van der Waals surface area contributed by atoms with Crippen LogP contribution >= 0.6 is 0 Å². The highest BCUT2D eigenvalue weighted by Gasteiger charge is 2.32. The van der Waals surface area contributed by atoms with Gasteiger partial charge in [0.2, 0.25) is 0 Å². The van der Waals surface area contributed by atoms with Crippen LogP contribution in [0, 0.1) is 0 Å². The molecule has 0 aliphatic carbocycles. The molecule has 0 saturated carbocycles. The molecule has 0 bridgehead atoms. The van der Waals surface area contributed by atoms with E-state index in [1.165, 1.54) is 12.1 Å². The third-order valence-electron chi connectivity index (χ3n) is 2.58. The van der Waals surface area contributed by atoms with E-state index in [2.05, 4.69) is 0 Å². The number of alkyl halides is 3. The van der Waals surface area contributed by atoms with Gasteiger partial charge in [-0.15, -0.1) is 0 Å². The van der Waals surface area contributed by atoms with Crippen molar-refractivity contribution in [1.82, 2.24) is 0 Å². The van der Waals surface area contributed by atoms with Crippen LogP contribution in [0.15, 0.2) is 42.5 Å². The fraction of sp³-hybridized carbons (Fsp3) is 0.0769. The Bertz CT molecular complexity index is 577. The average Bonchev–Trinajstić information content (AvgIpc) is 2.27. The highest BCUT2D eigenvalue weighted by atomic mass is 19.4. The van der Waals surface area contributed by atoms with Crippen molar-refractivity contribution in [3.63, 3.8) is 0 Å². The number of hydrogen-bond donors (Lipinski definition) is 2. The molecule has 0 unspecified atom stereocenters. The van der Waals surface area contributed by atoms with Crippen LogP contribution in [-0.4, -0.2) is 0 Å². The SMILES string of the molecule is Nc1cccc(-c2ccc(C(F)(F)F)c(N)c2)c1. The zero-order valence-electron chi connectivity index (χ0n) is 9.33. The molecule has 0 aromatic heterocycles. The largest absolute Gasteiger partial charge is 0.418 e. The summed E-state index contributed by atoms with van der Waals surface area (Å²) in [6.07, 6.45) is -4.43. The lowest BCUT2D eigenvalue weighted by Crippen LogP contribution is -2.08. The standard InChI is InChI=1S/C13H11F3N2/c14-13(15,16)11-5-4-9(7-12(11)18)8-2-1-3-10(17)6-8/h1-7H,17-18H2. The minimum atomic E-state index is -4.43. The summed E-state index contributed by atoms with van der Waals surface area (Å²) in [7, 11) is 0. The summed E-state index contributed by atoms with van der Waals surface area (Å²) in [5.41, 5.74) is 11.8. The molecule has 2 nitrogen and oxygen atoms in total. The van der Waals surface area contributed by atoms with Gasteiger partial charge in [-0.25, -0.2) is 0 Å². The van der Waals surface area contributed by atoms with Crippen molar-refractivity contribution < 1.29 is 13.2 Å². The predicted molar refractivity (Wildman–Crippen MR) is 65.7 cm³/mol. The molecule has 0 aliphatic rings. The molecule has 0 fully saturated rings. The van der Waals surface area contributed by atoms with Gasteiger partial charge in [-0.1, -0.05) is 18.2 Å². The molecule has 0 spiro atoms. The van der Waals surface area contributed by atoms with E-state index in [0.717, 1.165) is 11.6 Å². The van der Waals surface area contributed by atoms with E-state index in [9.17, 15) is 13.2 Å². The number of nitrogens with two attached hydrogens (primary N) is 2. The summed E-state index contributed by atoms with van der Waals surface area (Å²) in [6, 6.07) is 10.6. The maximum atomic E-state index is 12.5. The van der Waals surface area contributed by atoms with E-state index < -0.39 is 11.7 Å². The van der Waals surface area contributed by atoms with Crippen LogP contribution in [0.5, 0.6) is 0 Å². The molecule has 5 heteroatoms. The smallest absolute Gasteiger partial charge is 0.399 e. The van der Waals surface area contributed by atoms with Crippen LogP contribution in [0.3, 0.4) is 0 Å². The molecule has 0 radical (unpaired) electrons. The molecule has 0 amide bonds. The number of rotatable bonds is 1. The lowest BCUT2D eigenvalue weighted by molar-refractivity contribution is -0.136. The second kappa shape index (κ2) is 4.25. The van der Waals surface area contributed by atoms with Crippen molar-refractivity contribution in [2.75, 3.05) is 11.5 Å². The topological polar surface area (TPSA) is 52.0 Å². The molecule has 18 heavy (non-hydrogen) atoms. The van der Waals surface area contributed by atoms with E-state index in [0.29, 0.717) is 11.3 Å². The summed E-state index contributed by atoms with van der Waals surface area (Å²) in [5.74, 6) is 0. The Balaban J connectivity index is 2.47. The Morgan fingerprint density at radius 1 is 0.833 bits per heavy atom. The molecule has 0 aliphatic heterocycles. The molecule has 2 aromatic carbocycles. The van der Waals surface area contributed by atoms with Gasteiger partial charge in [0.1, 0.15) is 0 Å². The molecular formula is C13H11F3N2. The fourth-order valence-electron chi connectivity index (χ4n) is 1.72. The summed E-state index contributed by atoms with van der Waals surface area (Å²) in [4.78, 5) is 0. The summed E-state index contributed by atoms with van der Waals surface area (Å²) < 4.78 is 37.6. The Labute approximate surface area is 102 Å². The van der Waals surface area contributed by atoms with Crippen LogP contribution in [0.2, 0.25) is 0 Å². The van der Waals surface area contributed by atoms with Crippen molar-refractivity contribution in [2.24, 2.45) is 0 Å². The zero-order valence-corrected chi connectivity index (χ0v) is 9.33. The first-order valence-electron chi connectivity index (χ1n) is 5.20. The average molecular weight is 252 g/mol. The van der Waals surface area contributed by atoms with Gasteiger partial charge in [-0.2, -0.15) is 13.2 Å². The fourth-order valence-corrected chi connectivity index (χ4v) is 1.72. The van der Waals surface area contributed by atoms with Gasteiger partial charge in [-0.3, -0.25) is 0 Å². The Kier molecular flexibility index (Phi) is 2.90. The molecule has 2 rings (SSSR count). The number of halogens is 3. The van der Waals surface area contributed by atoms with Crippen molar-refractivity contribution in [3.05, 3.63) is 48.0 Å². The van der Waals surface area contributed by atoms with E-state index in [-0.39, 0.29) is 5.69 Å². The first kappa shape index (κ1) is 12.3. The quantitative estimate of drug-likeness (QED) is 0.763. The maximum Gasteiger partial charge on any atom is 0.418 e. The molecule has 0 heterocycles. The summed E-state index contributed by atoms with van der Waals surface area (Å²) in [6.45, 7) is 0. The van der Waals surface area contributed by atoms with E-state index in [4.69, 9.17) is 11.5 Å². The number of nitrogen functional groups attached to an aromatic ring is 2. The maximum absolute atomic E-state index is 12.5. The van der Waals surface area contributed by atoms with Gasteiger partial charge in [0, 0.05) is 11.4 Å². The van der Waals surface area contributed by atoms with Gasteiger partial charge in [-0.05, 0) is 35.4 Å². The third-order valence-corrected chi connectivity index (χ3v) is 2.58. The van der Waals surface area contributed by atoms with Gasteiger partial charge in [0.15, 0.2) is 0 Å². The van der Waals surface area contributed by atoms with E-state index in [1.54, 1.807) is 24.3 Å². The lowest BCUT2D eigenvalue weighted by Gasteiger charge is -2.11. The molecule has 4 N–H and O–H groups in total. The summed E-state index contributed by atoms with van der Waals surface area (Å²) in [5, 5.41) is 0. The molecule has 0 atom stereocenters. The number of benzene rings is 2. The predicted octanol–water partition coefficient (Wildman–Crippen LogP) is 3.54. The van der Waals surface area contributed by atoms with Crippen LogP contribution in [-0.2, 0) is 6.18 Å². The van der Waals surface area contributed by atoms with Gasteiger partial charge in [0.25, 0.3) is 0 Å². The highest BCUT2D eigenvalue weighted by Crippen LogP contribution is 2.35. The van der Waals surface area contributed by atoms with Crippen molar-refractivity contribution in [1.29, 1.82) is 0 Å². The van der Waals surface area contributed by atoms with Gasteiger partial charge in [0.05, 0.1) is 5.56 Å². The Hall–Kier alpha value is -2.17. The van der Waals surface area contributed by atoms with Gasteiger partial charge < -0.3 is 11.5 Å². The minimum absolute atomic E-state index is 0.289. The van der Waals surface area contributed by atoms with Crippen molar-refractivity contribution in [3.8, 4) is 11.1 Å². The molecule has 94 valence electrons. The first-order chi connectivity index (χ1) is 8.38. The molecule has 2 aromatic rings. The van der Waals surface area contributed by atoms with Crippen molar-refractivity contribution in [2.45, 2.75) is 6.18 Å². The van der Waals surface area contributed by atoms with Crippen LogP contribution in [0.25, 0.3) is 11.1 Å². The Morgan fingerprint density at radius 2 is 1.50 bits per heavy atom. The second-order valence-corrected chi connectivity index (χ2v) is 3.93. The monoisotopic (exact) mass is 252 g/mol. The number of anilines is 2. The van der Waals surface area contributed by atoms with Gasteiger partial charge >= 0.3 is 6.18 Å². The minimum Gasteiger partial charge on any atom is -0.399 e. The second-order valence-electron chi connectivity index (χ2n) is 3.93. The molecule has 0 saturated heterocycles. The van der Waals surface area contributed by atoms with Crippen LogP contribution in [0.1, 0.15) is 5.56 Å². The van der Waals surface area contributed by atoms with Crippen LogP contribution < -0.4 is 11.5 Å². The lowest BCUT2D eigenvalue weighted by atomic mass is 10.0. The van der Waals surface area contributed by atoms with Crippen molar-refractivity contribution >= 4 is 11.4 Å². The zero-order chi connectivity index (χ0) is 13.3. The summed E-state index contributed by atoms with van der Waals surface area (Å²) >= 11 is 0. The van der Waals surface area contributed by atoms with E-state index in [1.807, 2.05) is 0 Å². The van der Waals surface area contributed by atoms with E-state index >= 15 is 0 Å². The Morgan fingerprint density at radius 3 is 2.06 bits per heavy atom. The normalized spacial score (nSPS) is 11.5. The first-order valence-corrected chi connectivity index (χ1v) is 5.20. The highest BCUT2D eigenvalue weighted by molar-refractivity contribution is 5.71. The molecular weight excluding hydrogens is 241 g/mol. The number of hydrogen-bond acceptors (Lipinski definition) is 2. The third kappa shape index (κ3) is 2.40.